The maximum Gasteiger partial charge on any atom is 0.201 e. The molecular formula is C16H23ClN4O. The van der Waals surface area contributed by atoms with Gasteiger partial charge in [0.05, 0.1) is 18.9 Å². The molecule has 2 saturated heterocycles. The number of rotatable bonds is 3. The van der Waals surface area contributed by atoms with E-state index >= 15 is 0 Å². The van der Waals surface area contributed by atoms with E-state index < -0.39 is 0 Å². The van der Waals surface area contributed by atoms with Crippen molar-refractivity contribution >= 4 is 23.2 Å². The molecule has 6 heteroatoms. The van der Waals surface area contributed by atoms with Gasteiger partial charge >= 0.3 is 0 Å². The van der Waals surface area contributed by atoms with Gasteiger partial charge in [-0.05, 0) is 17.7 Å². The number of morpholine rings is 1. The van der Waals surface area contributed by atoms with Crippen LogP contribution in [0.5, 0.6) is 0 Å². The van der Waals surface area contributed by atoms with Gasteiger partial charge in [-0.2, -0.15) is 0 Å². The lowest BCUT2D eigenvalue weighted by atomic mass is 10.1. The highest BCUT2D eigenvalue weighted by molar-refractivity contribution is 6.30. The molecule has 3 rings (SSSR count). The molecule has 2 fully saturated rings. The second-order valence-electron chi connectivity index (χ2n) is 5.92. The van der Waals surface area contributed by atoms with Crippen molar-refractivity contribution in [1.29, 1.82) is 0 Å². The molecule has 1 aromatic carbocycles. The van der Waals surface area contributed by atoms with Gasteiger partial charge in [0.2, 0.25) is 5.96 Å². The van der Waals surface area contributed by atoms with Crippen LogP contribution in [0.15, 0.2) is 23.2 Å². The van der Waals surface area contributed by atoms with Crippen molar-refractivity contribution in [2.24, 2.45) is 4.99 Å². The highest BCUT2D eigenvalue weighted by Crippen LogP contribution is 2.26. The topological polar surface area (TPSA) is 31.3 Å². The Morgan fingerprint density at radius 3 is 2.45 bits per heavy atom. The molecule has 0 N–H and O–H groups in total. The quantitative estimate of drug-likeness (QED) is 0.852. The second-order valence-corrected chi connectivity index (χ2v) is 6.35. The highest BCUT2D eigenvalue weighted by Gasteiger charge is 2.21. The summed E-state index contributed by atoms with van der Waals surface area (Å²) in [6.45, 7) is 6.46. The lowest BCUT2D eigenvalue weighted by molar-refractivity contribution is 0.0342. The van der Waals surface area contributed by atoms with Crippen molar-refractivity contribution in [1.82, 2.24) is 14.7 Å². The Kier molecular flexibility index (Phi) is 4.86. The molecule has 0 aliphatic carbocycles. The summed E-state index contributed by atoms with van der Waals surface area (Å²) in [5, 5.41) is 0.730. The smallest absolute Gasteiger partial charge is 0.201 e. The van der Waals surface area contributed by atoms with Crippen molar-refractivity contribution in [3.8, 4) is 0 Å². The molecule has 2 heterocycles. The molecule has 22 heavy (non-hydrogen) atoms. The van der Waals surface area contributed by atoms with Gasteiger partial charge in [-0.15, -0.1) is 0 Å². The van der Waals surface area contributed by atoms with Gasteiger partial charge < -0.3 is 14.5 Å². The molecule has 5 nitrogen and oxygen atoms in total. The number of guanidine groups is 1. The molecule has 0 amide bonds. The van der Waals surface area contributed by atoms with E-state index in [9.17, 15) is 0 Å². The Morgan fingerprint density at radius 2 is 1.77 bits per heavy atom. The third kappa shape index (κ3) is 3.54. The van der Waals surface area contributed by atoms with Gasteiger partial charge in [-0.3, -0.25) is 4.90 Å². The van der Waals surface area contributed by atoms with Crippen LogP contribution in [-0.4, -0.2) is 74.1 Å². The summed E-state index contributed by atoms with van der Waals surface area (Å²) >= 11 is 6.19. The normalized spacial score (nSPS) is 19.9. The Hall–Kier alpha value is -1.30. The molecule has 0 atom stereocenters. The van der Waals surface area contributed by atoms with E-state index in [-0.39, 0.29) is 0 Å². The first kappa shape index (κ1) is 15.6. The molecule has 0 unspecified atom stereocenters. The van der Waals surface area contributed by atoms with E-state index in [1.54, 1.807) is 0 Å². The number of ether oxygens (including phenoxy) is 1. The van der Waals surface area contributed by atoms with Crippen LogP contribution < -0.4 is 0 Å². The van der Waals surface area contributed by atoms with Crippen LogP contribution in [0.4, 0.5) is 5.69 Å². The molecule has 0 spiro atoms. The summed E-state index contributed by atoms with van der Waals surface area (Å²) < 4.78 is 5.42. The zero-order valence-electron chi connectivity index (χ0n) is 13.3. The van der Waals surface area contributed by atoms with Crippen LogP contribution in [0, 0.1) is 0 Å². The highest BCUT2D eigenvalue weighted by atomic mass is 35.5. The molecule has 0 saturated carbocycles. The van der Waals surface area contributed by atoms with Crippen LogP contribution in [0.3, 0.4) is 0 Å². The zero-order valence-corrected chi connectivity index (χ0v) is 14.0. The van der Waals surface area contributed by atoms with Crippen LogP contribution >= 0.6 is 11.6 Å². The second kappa shape index (κ2) is 6.86. The number of halogens is 1. The van der Waals surface area contributed by atoms with Crippen molar-refractivity contribution in [3.63, 3.8) is 0 Å². The fourth-order valence-electron chi connectivity index (χ4n) is 2.84. The molecule has 1 aromatic rings. The van der Waals surface area contributed by atoms with Gasteiger partial charge in [-0.25, -0.2) is 4.99 Å². The average Bonchev–Trinajstić information content (AvgIpc) is 2.83. The Bertz CT molecular complexity index is 545. The molecule has 2 aliphatic rings. The minimum absolute atomic E-state index is 0.730. The minimum Gasteiger partial charge on any atom is -0.379 e. The van der Waals surface area contributed by atoms with Crippen LogP contribution in [0.1, 0.15) is 5.56 Å². The number of hydrogen-bond acceptors (Lipinski definition) is 3. The van der Waals surface area contributed by atoms with Crippen molar-refractivity contribution in [2.45, 2.75) is 6.54 Å². The van der Waals surface area contributed by atoms with E-state index in [1.165, 1.54) is 5.56 Å². The van der Waals surface area contributed by atoms with Gasteiger partial charge in [0.15, 0.2) is 0 Å². The Labute approximate surface area is 137 Å². The number of aliphatic imine (C=N–C) groups is 1. The molecule has 0 radical (unpaired) electrons. The largest absolute Gasteiger partial charge is 0.379 e. The third-order valence-electron chi connectivity index (χ3n) is 4.22. The SMILES string of the molecule is CN1CCN(C)C1=Nc1cc(Cl)ccc1CN1CCOCC1. The summed E-state index contributed by atoms with van der Waals surface area (Å²) in [5.41, 5.74) is 2.18. The van der Waals surface area contributed by atoms with E-state index in [0.29, 0.717) is 0 Å². The van der Waals surface area contributed by atoms with E-state index in [2.05, 4.69) is 34.9 Å². The summed E-state index contributed by atoms with van der Waals surface area (Å²) in [4.78, 5) is 11.6. The standard InChI is InChI=1S/C16H23ClN4O/c1-19-5-6-20(2)16(19)18-15-11-14(17)4-3-13(15)12-21-7-9-22-10-8-21/h3-4,11H,5-10,12H2,1-2H3. The summed E-state index contributed by atoms with van der Waals surface area (Å²) in [6, 6.07) is 6.00. The monoisotopic (exact) mass is 322 g/mol. The molecule has 0 aromatic heterocycles. The maximum atomic E-state index is 6.19. The molecule has 120 valence electrons. The van der Waals surface area contributed by atoms with Crippen LogP contribution in [0.2, 0.25) is 5.02 Å². The summed E-state index contributed by atoms with van der Waals surface area (Å²) in [5.74, 6) is 1.01. The lowest BCUT2D eigenvalue weighted by Gasteiger charge is -2.27. The van der Waals surface area contributed by atoms with Gasteiger partial charge in [0.1, 0.15) is 0 Å². The average molecular weight is 323 g/mol. The number of benzene rings is 1. The van der Waals surface area contributed by atoms with Gasteiger partial charge in [0, 0.05) is 51.8 Å². The minimum atomic E-state index is 0.730. The predicted octanol–water partition coefficient (Wildman–Crippen LogP) is 2.04. The Balaban J connectivity index is 1.85. The number of hydrogen-bond donors (Lipinski definition) is 0. The first-order valence-corrected chi connectivity index (χ1v) is 8.11. The fraction of sp³-hybridized carbons (Fsp3) is 0.562. The molecule has 0 bridgehead atoms. The van der Waals surface area contributed by atoms with E-state index in [4.69, 9.17) is 21.3 Å². The first-order chi connectivity index (χ1) is 10.6. The summed E-state index contributed by atoms with van der Waals surface area (Å²) in [6.07, 6.45) is 0. The van der Waals surface area contributed by atoms with Crippen LogP contribution in [0.25, 0.3) is 0 Å². The molecule has 2 aliphatic heterocycles. The van der Waals surface area contributed by atoms with Crippen molar-refractivity contribution in [2.75, 3.05) is 53.5 Å². The number of nitrogens with zero attached hydrogens (tertiary/aromatic N) is 4. The number of likely N-dealkylation sites (N-methyl/N-ethyl adjacent to an activating group) is 2. The van der Waals surface area contributed by atoms with Crippen molar-refractivity contribution in [3.05, 3.63) is 28.8 Å². The predicted molar refractivity (Wildman–Crippen MR) is 89.9 cm³/mol. The molecular weight excluding hydrogens is 300 g/mol. The van der Waals surface area contributed by atoms with E-state index in [1.807, 2.05) is 12.1 Å². The maximum absolute atomic E-state index is 6.19. The van der Waals surface area contributed by atoms with Gasteiger partial charge in [-0.1, -0.05) is 17.7 Å². The first-order valence-electron chi connectivity index (χ1n) is 7.73. The Morgan fingerprint density at radius 1 is 1.09 bits per heavy atom. The van der Waals surface area contributed by atoms with Gasteiger partial charge in [0.25, 0.3) is 0 Å². The van der Waals surface area contributed by atoms with Crippen molar-refractivity contribution < 1.29 is 4.74 Å². The zero-order chi connectivity index (χ0) is 15.5. The van der Waals surface area contributed by atoms with Crippen LogP contribution in [-0.2, 0) is 11.3 Å². The summed E-state index contributed by atoms with van der Waals surface area (Å²) in [7, 11) is 4.16. The van der Waals surface area contributed by atoms with E-state index in [0.717, 1.165) is 62.6 Å². The third-order valence-corrected chi connectivity index (χ3v) is 4.45. The lowest BCUT2D eigenvalue weighted by Crippen LogP contribution is -2.35. The fourth-order valence-corrected chi connectivity index (χ4v) is 3.01.